The minimum atomic E-state index is -0.406. The Labute approximate surface area is 180 Å². The quantitative estimate of drug-likeness (QED) is 0.615. The Hall–Kier alpha value is -2.48. The van der Waals surface area contributed by atoms with Crippen molar-refractivity contribution >= 4 is 35.6 Å². The number of halogens is 2. The third-order valence-corrected chi connectivity index (χ3v) is 5.33. The van der Waals surface area contributed by atoms with Crippen LogP contribution in [0.1, 0.15) is 43.1 Å². The van der Waals surface area contributed by atoms with Crippen molar-refractivity contribution in [1.29, 1.82) is 0 Å². The van der Waals surface area contributed by atoms with Crippen LogP contribution >= 0.6 is 24.0 Å². The molecule has 1 aliphatic carbocycles. The number of tetrazole rings is 1. The third kappa shape index (κ3) is 4.58. The fraction of sp³-hybridized carbons (Fsp3) is 0.300. The molecule has 3 N–H and O–H groups in total. The number of benzene rings is 2. The minimum absolute atomic E-state index is 0. The van der Waals surface area contributed by atoms with Gasteiger partial charge in [0.1, 0.15) is 0 Å². The molecule has 9 heteroatoms. The number of carbonyl (C=O) groups is 1. The van der Waals surface area contributed by atoms with E-state index in [0.29, 0.717) is 22.3 Å². The summed E-state index contributed by atoms with van der Waals surface area (Å²) in [5.74, 6) is 0.596. The Morgan fingerprint density at radius 1 is 1.24 bits per heavy atom. The molecule has 7 nitrogen and oxygen atoms in total. The smallest absolute Gasteiger partial charge is 0.229 e. The first kappa shape index (κ1) is 21.2. The van der Waals surface area contributed by atoms with Crippen LogP contribution in [-0.2, 0) is 4.79 Å². The van der Waals surface area contributed by atoms with E-state index in [4.69, 9.17) is 17.3 Å². The van der Waals surface area contributed by atoms with Gasteiger partial charge in [0.25, 0.3) is 0 Å². The number of rotatable bonds is 6. The molecule has 4 rings (SSSR count). The van der Waals surface area contributed by atoms with Crippen LogP contribution in [0, 0.1) is 5.92 Å². The molecular weight excluding hydrogens is 411 g/mol. The second-order valence-corrected chi connectivity index (χ2v) is 7.51. The summed E-state index contributed by atoms with van der Waals surface area (Å²) in [4.78, 5) is 12.7. The molecule has 2 unspecified atom stereocenters. The number of anilines is 1. The van der Waals surface area contributed by atoms with E-state index in [2.05, 4.69) is 20.8 Å². The first-order valence-corrected chi connectivity index (χ1v) is 9.62. The molecule has 0 radical (unpaired) electrons. The molecule has 1 fully saturated rings. The summed E-state index contributed by atoms with van der Waals surface area (Å²) in [5, 5.41) is 15.4. The Kier molecular flexibility index (Phi) is 6.52. The molecule has 1 aliphatic rings. The molecule has 1 amide bonds. The van der Waals surface area contributed by atoms with E-state index < -0.39 is 12.0 Å². The summed E-state index contributed by atoms with van der Waals surface area (Å²) < 4.78 is 1.65. The number of hydrogen-bond acceptors (Lipinski definition) is 5. The molecule has 1 heterocycles. The van der Waals surface area contributed by atoms with E-state index in [1.165, 1.54) is 0 Å². The number of nitrogens with zero attached hydrogens (tertiary/aromatic N) is 4. The van der Waals surface area contributed by atoms with Crippen molar-refractivity contribution in [3.8, 4) is 5.69 Å². The van der Waals surface area contributed by atoms with Crippen LogP contribution < -0.4 is 11.1 Å². The van der Waals surface area contributed by atoms with Crippen molar-refractivity contribution in [2.45, 2.75) is 31.7 Å². The number of aromatic nitrogens is 4. The largest absolute Gasteiger partial charge is 0.326 e. The molecule has 0 bridgehead atoms. The topological polar surface area (TPSA) is 98.7 Å². The van der Waals surface area contributed by atoms with E-state index in [1.54, 1.807) is 22.9 Å². The Balaban J connectivity index is 0.00000240. The van der Waals surface area contributed by atoms with Crippen molar-refractivity contribution in [3.05, 3.63) is 64.9 Å². The van der Waals surface area contributed by atoms with Crippen molar-refractivity contribution in [2.75, 3.05) is 5.32 Å². The zero-order valence-corrected chi connectivity index (χ0v) is 17.4. The van der Waals surface area contributed by atoms with Crippen molar-refractivity contribution in [1.82, 2.24) is 20.2 Å². The highest BCUT2D eigenvalue weighted by atomic mass is 35.5. The van der Waals surface area contributed by atoms with E-state index in [9.17, 15) is 4.79 Å². The number of nitrogens with one attached hydrogen (secondary N) is 1. The van der Waals surface area contributed by atoms with Gasteiger partial charge in [-0.25, -0.2) is 0 Å². The molecule has 29 heavy (non-hydrogen) atoms. The average molecular weight is 433 g/mol. The third-order valence-electron chi connectivity index (χ3n) is 5.01. The van der Waals surface area contributed by atoms with Gasteiger partial charge in [-0.15, -0.1) is 17.5 Å². The van der Waals surface area contributed by atoms with Gasteiger partial charge in [-0.3, -0.25) is 4.79 Å². The monoisotopic (exact) mass is 432 g/mol. The average Bonchev–Trinajstić information content (AvgIpc) is 3.45. The van der Waals surface area contributed by atoms with Crippen LogP contribution in [0.5, 0.6) is 0 Å². The van der Waals surface area contributed by atoms with Gasteiger partial charge in [0.15, 0.2) is 5.82 Å². The predicted molar refractivity (Wildman–Crippen MR) is 115 cm³/mol. The lowest BCUT2D eigenvalue weighted by Crippen LogP contribution is -2.30. The Bertz CT molecular complexity index is 990. The van der Waals surface area contributed by atoms with E-state index in [1.807, 2.05) is 37.3 Å². The fourth-order valence-electron chi connectivity index (χ4n) is 3.10. The maximum Gasteiger partial charge on any atom is 0.229 e. The lowest BCUT2D eigenvalue weighted by Gasteiger charge is -2.20. The fourth-order valence-corrected chi connectivity index (χ4v) is 3.30. The number of carbonyl (C=O) groups excluding carboxylic acids is 1. The van der Waals surface area contributed by atoms with Gasteiger partial charge in [-0.05, 0) is 47.0 Å². The highest BCUT2D eigenvalue weighted by Crippen LogP contribution is 2.40. The standard InChI is InChI=1S/C20H21ClN6O.ClH/c1-12(18(22)13-5-3-2-4-6-13)20(28)23-15-9-10-16(21)17(11-15)27-19(14-7-8-14)24-25-26-27;/h2-6,9-12,14,18H,7-8,22H2,1H3,(H,23,28);1H. The van der Waals surface area contributed by atoms with Crippen LogP contribution in [-0.4, -0.2) is 26.1 Å². The van der Waals surface area contributed by atoms with Gasteiger partial charge in [0.2, 0.25) is 5.91 Å². The summed E-state index contributed by atoms with van der Waals surface area (Å²) in [7, 11) is 0. The molecule has 0 aliphatic heterocycles. The van der Waals surface area contributed by atoms with Crippen molar-refractivity contribution in [2.24, 2.45) is 11.7 Å². The highest BCUT2D eigenvalue weighted by Gasteiger charge is 2.30. The maximum absolute atomic E-state index is 12.7. The van der Waals surface area contributed by atoms with Gasteiger partial charge < -0.3 is 11.1 Å². The number of nitrogens with two attached hydrogens (primary N) is 1. The molecular formula is C20H22Cl2N6O. The molecule has 152 valence electrons. The molecule has 3 aromatic rings. The summed E-state index contributed by atoms with van der Waals surface area (Å²) in [6.45, 7) is 1.82. The van der Waals surface area contributed by atoms with Crippen LogP contribution in [0.3, 0.4) is 0 Å². The van der Waals surface area contributed by atoms with Crippen molar-refractivity contribution in [3.63, 3.8) is 0 Å². The molecule has 2 atom stereocenters. The van der Waals surface area contributed by atoms with Crippen LogP contribution in [0.15, 0.2) is 48.5 Å². The van der Waals surface area contributed by atoms with E-state index in [-0.39, 0.29) is 18.3 Å². The summed E-state index contributed by atoms with van der Waals surface area (Å²) in [6, 6.07) is 14.5. The lowest BCUT2D eigenvalue weighted by molar-refractivity contribution is -0.120. The second-order valence-electron chi connectivity index (χ2n) is 7.10. The minimum Gasteiger partial charge on any atom is -0.326 e. The van der Waals surface area contributed by atoms with E-state index in [0.717, 1.165) is 24.2 Å². The predicted octanol–water partition coefficient (Wildman–Crippen LogP) is 3.89. The number of hydrogen-bond donors (Lipinski definition) is 2. The van der Waals surface area contributed by atoms with Crippen LogP contribution in [0.25, 0.3) is 5.69 Å². The molecule has 1 saturated carbocycles. The van der Waals surface area contributed by atoms with Crippen molar-refractivity contribution < 1.29 is 4.79 Å². The summed E-state index contributed by atoms with van der Waals surface area (Å²) in [6.07, 6.45) is 2.15. The SMILES string of the molecule is CC(C(=O)Nc1ccc(Cl)c(-n2nnnc2C2CC2)c1)C(N)c1ccccc1.Cl. The number of amides is 1. The van der Waals surface area contributed by atoms with Gasteiger partial charge in [-0.2, -0.15) is 4.68 Å². The van der Waals surface area contributed by atoms with Gasteiger partial charge >= 0.3 is 0 Å². The van der Waals surface area contributed by atoms with Crippen LogP contribution in [0.2, 0.25) is 5.02 Å². The zero-order valence-electron chi connectivity index (χ0n) is 15.8. The molecule has 0 spiro atoms. The first-order valence-electron chi connectivity index (χ1n) is 9.24. The molecule has 0 saturated heterocycles. The van der Waals surface area contributed by atoms with E-state index >= 15 is 0 Å². The zero-order chi connectivity index (χ0) is 19.7. The first-order chi connectivity index (χ1) is 13.5. The lowest BCUT2D eigenvalue weighted by atomic mass is 9.94. The van der Waals surface area contributed by atoms with Gasteiger partial charge in [0.05, 0.1) is 16.6 Å². The Morgan fingerprint density at radius 3 is 2.66 bits per heavy atom. The van der Waals surface area contributed by atoms with Crippen LogP contribution in [0.4, 0.5) is 5.69 Å². The van der Waals surface area contributed by atoms with Gasteiger partial charge in [-0.1, -0.05) is 48.9 Å². The summed E-state index contributed by atoms with van der Waals surface area (Å²) >= 11 is 6.37. The second kappa shape index (κ2) is 8.90. The highest BCUT2D eigenvalue weighted by molar-refractivity contribution is 6.32. The molecule has 1 aromatic heterocycles. The molecule has 2 aromatic carbocycles. The normalized spacial score (nSPS) is 15.3. The Morgan fingerprint density at radius 2 is 1.97 bits per heavy atom. The summed E-state index contributed by atoms with van der Waals surface area (Å²) in [5.41, 5.74) is 8.46. The maximum atomic E-state index is 12.7. The van der Waals surface area contributed by atoms with Gasteiger partial charge in [0, 0.05) is 17.6 Å².